The minimum Gasteiger partial charge on any atom is -0.458 e. The second kappa shape index (κ2) is 5.48. The average Bonchev–Trinajstić information content (AvgIpc) is 2.25. The highest BCUT2D eigenvalue weighted by Gasteiger charge is 2.46. The van der Waals surface area contributed by atoms with Gasteiger partial charge in [0.1, 0.15) is 0 Å². The van der Waals surface area contributed by atoms with Gasteiger partial charge in [-0.2, -0.15) is 17.2 Å². The number of hydrogen-bond donors (Lipinski definition) is 1. The summed E-state index contributed by atoms with van der Waals surface area (Å²) in [5.74, 6) is -0.795. The molecule has 0 aromatic rings. The van der Waals surface area contributed by atoms with E-state index in [0.717, 1.165) is 12.8 Å². The van der Waals surface area contributed by atoms with Gasteiger partial charge >= 0.3 is 21.3 Å². The second-order valence-corrected chi connectivity index (χ2v) is 6.22. The Bertz CT molecular complexity index is 398. The zero-order chi connectivity index (χ0) is 14.0. The molecule has 0 spiro atoms. The molecule has 8 heteroatoms. The van der Waals surface area contributed by atoms with Crippen molar-refractivity contribution in [1.29, 1.82) is 0 Å². The lowest BCUT2D eigenvalue weighted by molar-refractivity contribution is -0.155. The standard InChI is InChI=1S/C10H16F2O5S/c1-7-2-4-8(5-3-7)9(13)17-6-10(11,12)18(14,15)16/h7-8H,2-6H2,1H3,(H,14,15,16). The van der Waals surface area contributed by atoms with Crippen molar-refractivity contribution in [2.24, 2.45) is 11.8 Å². The highest BCUT2D eigenvalue weighted by Crippen LogP contribution is 2.30. The third-order valence-electron chi connectivity index (χ3n) is 3.11. The van der Waals surface area contributed by atoms with E-state index in [2.05, 4.69) is 4.74 Å². The first-order chi connectivity index (χ1) is 8.13. The highest BCUT2D eigenvalue weighted by molar-refractivity contribution is 7.86. The van der Waals surface area contributed by atoms with Crippen LogP contribution in [0.3, 0.4) is 0 Å². The number of esters is 1. The Balaban J connectivity index is 2.47. The lowest BCUT2D eigenvalue weighted by Gasteiger charge is -2.25. The van der Waals surface area contributed by atoms with Gasteiger partial charge in [-0.1, -0.05) is 6.92 Å². The first-order valence-corrected chi connectivity index (χ1v) is 7.09. The second-order valence-electron chi connectivity index (χ2n) is 4.68. The molecule has 0 amide bonds. The fourth-order valence-electron chi connectivity index (χ4n) is 1.84. The first-order valence-electron chi connectivity index (χ1n) is 5.65. The van der Waals surface area contributed by atoms with Gasteiger partial charge in [0.15, 0.2) is 6.61 Å². The minimum absolute atomic E-state index is 0.460. The van der Waals surface area contributed by atoms with Gasteiger partial charge in [-0.3, -0.25) is 9.35 Å². The fourth-order valence-corrected chi connectivity index (χ4v) is 2.05. The molecule has 1 rings (SSSR count). The lowest BCUT2D eigenvalue weighted by atomic mass is 9.83. The quantitative estimate of drug-likeness (QED) is 0.630. The van der Waals surface area contributed by atoms with Crippen LogP contribution in [0.15, 0.2) is 0 Å². The molecule has 18 heavy (non-hydrogen) atoms. The number of halogens is 2. The third kappa shape index (κ3) is 3.88. The van der Waals surface area contributed by atoms with Crippen molar-refractivity contribution in [2.45, 2.75) is 37.9 Å². The molecule has 1 aliphatic rings. The summed E-state index contributed by atoms with van der Waals surface area (Å²) in [7, 11) is -5.55. The molecule has 0 radical (unpaired) electrons. The van der Waals surface area contributed by atoms with Crippen molar-refractivity contribution in [1.82, 2.24) is 0 Å². The van der Waals surface area contributed by atoms with E-state index in [0.29, 0.717) is 18.8 Å². The van der Waals surface area contributed by atoms with E-state index in [-0.39, 0.29) is 0 Å². The first kappa shape index (κ1) is 15.3. The van der Waals surface area contributed by atoms with Crippen molar-refractivity contribution < 1.29 is 31.3 Å². The van der Waals surface area contributed by atoms with Gasteiger partial charge in [0.05, 0.1) is 5.92 Å². The predicted molar refractivity (Wildman–Crippen MR) is 58.6 cm³/mol. The van der Waals surface area contributed by atoms with Gasteiger partial charge in [0, 0.05) is 0 Å². The van der Waals surface area contributed by atoms with Crippen LogP contribution in [0.1, 0.15) is 32.6 Å². The maximum Gasteiger partial charge on any atom is 0.402 e. The van der Waals surface area contributed by atoms with Crippen LogP contribution in [0, 0.1) is 11.8 Å². The molecule has 0 unspecified atom stereocenters. The van der Waals surface area contributed by atoms with Gasteiger partial charge in [-0.25, -0.2) is 0 Å². The van der Waals surface area contributed by atoms with Crippen molar-refractivity contribution in [2.75, 3.05) is 6.61 Å². The number of carbonyl (C=O) groups excluding carboxylic acids is 1. The summed E-state index contributed by atoms with van der Waals surface area (Å²) in [4.78, 5) is 11.4. The van der Waals surface area contributed by atoms with Gasteiger partial charge in [0.2, 0.25) is 0 Å². The molecule has 0 saturated heterocycles. The molecule has 1 aliphatic carbocycles. The summed E-state index contributed by atoms with van der Waals surface area (Å²) in [6.45, 7) is 0.394. The molecule has 1 saturated carbocycles. The lowest BCUT2D eigenvalue weighted by Crippen LogP contribution is -2.36. The monoisotopic (exact) mass is 286 g/mol. The van der Waals surface area contributed by atoms with Crippen LogP contribution < -0.4 is 0 Å². The van der Waals surface area contributed by atoms with Gasteiger partial charge in [-0.05, 0) is 31.6 Å². The largest absolute Gasteiger partial charge is 0.458 e. The molecule has 0 aliphatic heterocycles. The molecular formula is C10H16F2O5S. The fraction of sp³-hybridized carbons (Fsp3) is 0.900. The number of ether oxygens (including phenoxy) is 1. The SMILES string of the molecule is CC1CCC(C(=O)OCC(F)(F)S(=O)(=O)O)CC1. The van der Waals surface area contributed by atoms with E-state index >= 15 is 0 Å². The molecule has 1 fully saturated rings. The third-order valence-corrected chi connectivity index (χ3v) is 3.98. The van der Waals surface area contributed by atoms with Crippen LogP contribution >= 0.6 is 0 Å². The van der Waals surface area contributed by atoms with Crippen LogP contribution in [0.25, 0.3) is 0 Å². The normalized spacial score (nSPS) is 25.8. The molecule has 0 atom stereocenters. The Kier molecular flexibility index (Phi) is 4.66. The number of alkyl halides is 2. The summed E-state index contributed by atoms with van der Waals surface area (Å²) in [6.07, 6.45) is 2.73. The van der Waals surface area contributed by atoms with E-state index in [9.17, 15) is 22.0 Å². The van der Waals surface area contributed by atoms with Gasteiger partial charge in [-0.15, -0.1) is 0 Å². The van der Waals surface area contributed by atoms with Gasteiger partial charge < -0.3 is 4.74 Å². The molecule has 0 aromatic heterocycles. The van der Waals surface area contributed by atoms with E-state index in [4.69, 9.17) is 4.55 Å². The Morgan fingerprint density at radius 2 is 1.83 bits per heavy atom. The van der Waals surface area contributed by atoms with E-state index < -0.39 is 33.9 Å². The topological polar surface area (TPSA) is 80.7 Å². The van der Waals surface area contributed by atoms with Crippen molar-refractivity contribution >= 4 is 16.1 Å². The molecule has 0 heterocycles. The average molecular weight is 286 g/mol. The van der Waals surface area contributed by atoms with Crippen LogP contribution in [-0.2, 0) is 19.6 Å². The van der Waals surface area contributed by atoms with Crippen LogP contribution in [0.5, 0.6) is 0 Å². The van der Waals surface area contributed by atoms with Crippen LogP contribution in [-0.4, -0.2) is 30.8 Å². The summed E-state index contributed by atoms with van der Waals surface area (Å²) in [5, 5.41) is -4.45. The van der Waals surface area contributed by atoms with Crippen LogP contribution in [0.4, 0.5) is 8.78 Å². The maximum atomic E-state index is 12.8. The highest BCUT2D eigenvalue weighted by atomic mass is 32.2. The zero-order valence-corrected chi connectivity index (χ0v) is 10.8. The molecule has 0 bridgehead atoms. The van der Waals surface area contributed by atoms with Crippen molar-refractivity contribution in [3.05, 3.63) is 0 Å². The molecule has 106 valence electrons. The summed E-state index contributed by atoms with van der Waals surface area (Å²) in [6, 6.07) is 0. The Morgan fingerprint density at radius 3 is 2.28 bits per heavy atom. The molecule has 1 N–H and O–H groups in total. The molecular weight excluding hydrogens is 270 g/mol. The maximum absolute atomic E-state index is 12.8. The summed E-state index contributed by atoms with van der Waals surface area (Å²) >= 11 is 0. The number of hydrogen-bond acceptors (Lipinski definition) is 4. The Hall–Kier alpha value is -0.760. The summed E-state index contributed by atoms with van der Waals surface area (Å²) < 4.78 is 58.7. The summed E-state index contributed by atoms with van der Waals surface area (Å²) in [5.41, 5.74) is 0. The Labute approximate surface area is 104 Å². The smallest absolute Gasteiger partial charge is 0.402 e. The van der Waals surface area contributed by atoms with Crippen molar-refractivity contribution in [3.63, 3.8) is 0 Å². The molecule has 5 nitrogen and oxygen atoms in total. The van der Waals surface area contributed by atoms with E-state index in [1.165, 1.54) is 0 Å². The van der Waals surface area contributed by atoms with Crippen molar-refractivity contribution in [3.8, 4) is 0 Å². The zero-order valence-electron chi connectivity index (χ0n) is 9.93. The number of rotatable bonds is 4. The minimum atomic E-state index is -5.55. The number of carbonyl (C=O) groups is 1. The Morgan fingerprint density at radius 1 is 1.33 bits per heavy atom. The predicted octanol–water partition coefficient (Wildman–Crippen LogP) is 1.84. The van der Waals surface area contributed by atoms with E-state index in [1.807, 2.05) is 6.92 Å². The van der Waals surface area contributed by atoms with Gasteiger partial charge in [0.25, 0.3) is 0 Å². The van der Waals surface area contributed by atoms with E-state index in [1.54, 1.807) is 0 Å². The molecule has 0 aromatic carbocycles. The van der Waals surface area contributed by atoms with Crippen LogP contribution in [0.2, 0.25) is 0 Å².